The van der Waals surface area contributed by atoms with E-state index in [-0.39, 0.29) is 38.3 Å². The number of ether oxygens (including phenoxy) is 4. The normalized spacial score (nSPS) is 37.9. The van der Waals surface area contributed by atoms with Crippen molar-refractivity contribution < 1.29 is 55.7 Å². The fourth-order valence-corrected chi connectivity index (χ4v) is 7.96. The van der Waals surface area contributed by atoms with E-state index in [2.05, 4.69) is 0 Å². The molecule has 0 aromatic carbocycles. The zero-order valence-corrected chi connectivity index (χ0v) is 23.6. The van der Waals surface area contributed by atoms with E-state index in [0.29, 0.717) is 18.4 Å². The molecular formula is C29H36F4O8. The van der Waals surface area contributed by atoms with Crippen molar-refractivity contribution in [2.45, 2.75) is 89.3 Å². The average molecular weight is 589 g/mol. The Labute approximate surface area is 235 Å². The third kappa shape index (κ3) is 4.84. The molecule has 8 nitrogen and oxygen atoms in total. The number of hydrogen-bond acceptors (Lipinski definition) is 8. The van der Waals surface area contributed by atoms with E-state index in [1.165, 1.54) is 32.3 Å². The summed E-state index contributed by atoms with van der Waals surface area (Å²) in [7, 11) is 1.34. The number of methoxy groups -OCH3 is 1. The van der Waals surface area contributed by atoms with Crippen molar-refractivity contribution in [3.63, 3.8) is 0 Å². The Hall–Kier alpha value is -2.60. The van der Waals surface area contributed by atoms with Gasteiger partial charge in [0.1, 0.15) is 18.5 Å². The molecule has 0 spiro atoms. The van der Waals surface area contributed by atoms with E-state index in [9.17, 15) is 32.3 Å². The maximum Gasteiger partial charge on any atom is 0.490 e. The molecule has 0 N–H and O–H groups in total. The third-order valence-electron chi connectivity index (χ3n) is 9.91. The summed E-state index contributed by atoms with van der Waals surface area (Å²) in [5, 5.41) is 0. The molecule has 0 saturated heterocycles. The highest BCUT2D eigenvalue weighted by Gasteiger charge is 2.76. The maximum atomic E-state index is 17.9. The third-order valence-corrected chi connectivity index (χ3v) is 9.91. The Morgan fingerprint density at radius 1 is 1.12 bits per heavy atom. The molecule has 0 bridgehead atoms. The van der Waals surface area contributed by atoms with Crippen LogP contribution in [0.5, 0.6) is 0 Å². The summed E-state index contributed by atoms with van der Waals surface area (Å²) in [6, 6.07) is 0. The van der Waals surface area contributed by atoms with Crippen LogP contribution in [0.4, 0.5) is 17.6 Å². The van der Waals surface area contributed by atoms with E-state index in [4.69, 9.17) is 18.9 Å². The molecule has 4 aliphatic carbocycles. The van der Waals surface area contributed by atoms with Gasteiger partial charge in [-0.2, -0.15) is 13.2 Å². The molecule has 0 aromatic rings. The van der Waals surface area contributed by atoms with Crippen LogP contribution in [0.2, 0.25) is 0 Å². The van der Waals surface area contributed by atoms with E-state index < -0.39 is 77.0 Å². The van der Waals surface area contributed by atoms with Gasteiger partial charge in [0.05, 0.1) is 0 Å². The Morgan fingerprint density at radius 3 is 2.46 bits per heavy atom. The number of fused-ring (bicyclic) bond motifs is 5. The molecule has 228 valence electrons. The van der Waals surface area contributed by atoms with Crippen molar-refractivity contribution >= 4 is 23.5 Å². The van der Waals surface area contributed by atoms with E-state index in [1.807, 2.05) is 0 Å². The smallest absolute Gasteiger partial charge is 0.458 e. The SMILES string of the molecule is CCCC(=O)OCC(=O)[C@@]1(OCOC)CC[C@H]2[C@@H]3CCC4=CC(=O)C=C[C@]4(C)[C@@]3(F)[C@H](OC(=O)C(F)(F)F)C[C@@]21C. The predicted molar refractivity (Wildman–Crippen MR) is 135 cm³/mol. The van der Waals surface area contributed by atoms with Crippen LogP contribution in [-0.2, 0) is 38.1 Å². The standard InChI is InChI=1S/C29H36F4O8/c1-5-6-23(36)39-15-21(35)27(40-16-38-4)12-10-19-20-8-7-17-13-18(34)9-11-25(17,2)28(20,30)22(14-26(19,27)3)41-24(37)29(31,32)33/h9,11,13,19-20,22H,5-8,10,12,14-16H2,1-4H3/t19-,20-,22+,25-,26-,27-,28-/m0/s1. The van der Waals surface area contributed by atoms with Crippen molar-refractivity contribution in [3.05, 3.63) is 23.8 Å². The Kier molecular flexibility index (Phi) is 8.34. The minimum atomic E-state index is -5.39. The first-order valence-corrected chi connectivity index (χ1v) is 13.8. The lowest BCUT2D eigenvalue weighted by Crippen LogP contribution is -2.70. The molecule has 4 rings (SSSR count). The van der Waals surface area contributed by atoms with Gasteiger partial charge in [0.25, 0.3) is 0 Å². The highest BCUT2D eigenvalue weighted by atomic mass is 19.4. The van der Waals surface area contributed by atoms with Crippen LogP contribution in [0, 0.1) is 22.7 Å². The van der Waals surface area contributed by atoms with Gasteiger partial charge in [-0.25, -0.2) is 9.18 Å². The highest BCUT2D eigenvalue weighted by molar-refractivity contribution is 6.01. The van der Waals surface area contributed by atoms with Gasteiger partial charge in [-0.15, -0.1) is 0 Å². The predicted octanol–water partition coefficient (Wildman–Crippen LogP) is 4.74. The molecule has 7 atom stereocenters. The number of hydrogen-bond donors (Lipinski definition) is 0. The van der Waals surface area contributed by atoms with Gasteiger partial charge in [-0.05, 0) is 63.5 Å². The molecule has 41 heavy (non-hydrogen) atoms. The summed E-state index contributed by atoms with van der Waals surface area (Å²) in [4.78, 5) is 50.2. The summed E-state index contributed by atoms with van der Waals surface area (Å²) < 4.78 is 79.6. The zero-order valence-electron chi connectivity index (χ0n) is 23.6. The molecule has 0 amide bonds. The second kappa shape index (κ2) is 10.9. The number of carbonyl (C=O) groups excluding carboxylic acids is 4. The average Bonchev–Trinajstić information content (AvgIpc) is 3.19. The Bertz CT molecular complexity index is 1160. The first-order valence-electron chi connectivity index (χ1n) is 13.8. The lowest BCUT2D eigenvalue weighted by atomic mass is 9.44. The number of rotatable bonds is 9. The molecule has 3 fully saturated rings. The maximum absolute atomic E-state index is 17.9. The first-order chi connectivity index (χ1) is 19.1. The fourth-order valence-electron chi connectivity index (χ4n) is 7.96. The monoisotopic (exact) mass is 588 g/mol. The lowest BCUT2D eigenvalue weighted by molar-refractivity contribution is -0.257. The van der Waals surface area contributed by atoms with Crippen molar-refractivity contribution in [3.8, 4) is 0 Å². The summed E-state index contributed by atoms with van der Waals surface area (Å²) in [5.41, 5.74) is -6.66. The number of ketones is 2. The lowest BCUT2D eigenvalue weighted by Gasteiger charge is -2.63. The van der Waals surface area contributed by atoms with Crippen LogP contribution in [0.3, 0.4) is 0 Å². The van der Waals surface area contributed by atoms with Gasteiger partial charge < -0.3 is 18.9 Å². The van der Waals surface area contributed by atoms with E-state index >= 15 is 4.39 Å². The summed E-state index contributed by atoms with van der Waals surface area (Å²) >= 11 is 0. The number of allylic oxidation sites excluding steroid dienone is 4. The summed E-state index contributed by atoms with van der Waals surface area (Å²) in [6.07, 6.45) is -2.58. The molecular weight excluding hydrogens is 552 g/mol. The number of alkyl halides is 4. The molecule has 0 aliphatic heterocycles. The number of esters is 2. The molecule has 0 radical (unpaired) electrons. The van der Waals surface area contributed by atoms with E-state index in [1.54, 1.807) is 13.8 Å². The van der Waals surface area contributed by atoms with E-state index in [0.717, 1.165) is 0 Å². The van der Waals surface area contributed by atoms with Crippen LogP contribution in [0.15, 0.2) is 23.8 Å². The van der Waals surface area contributed by atoms with Crippen molar-refractivity contribution in [2.75, 3.05) is 20.5 Å². The second-order valence-electron chi connectivity index (χ2n) is 11.9. The minimum absolute atomic E-state index is 0.0714. The molecule has 3 saturated carbocycles. The van der Waals surface area contributed by atoms with Gasteiger partial charge >= 0.3 is 18.1 Å². The quantitative estimate of drug-likeness (QED) is 0.216. The highest BCUT2D eigenvalue weighted by Crippen LogP contribution is 2.71. The zero-order chi connectivity index (χ0) is 30.4. The van der Waals surface area contributed by atoms with Gasteiger partial charge in [0, 0.05) is 30.3 Å². The number of carbonyl (C=O) groups is 4. The molecule has 0 unspecified atom stereocenters. The largest absolute Gasteiger partial charge is 0.490 e. The minimum Gasteiger partial charge on any atom is -0.458 e. The molecule has 12 heteroatoms. The van der Waals surface area contributed by atoms with Gasteiger partial charge in [0.2, 0.25) is 5.78 Å². The topological polar surface area (TPSA) is 105 Å². The van der Waals surface area contributed by atoms with Crippen LogP contribution in [0.25, 0.3) is 0 Å². The molecule has 0 aromatic heterocycles. The Balaban J connectivity index is 1.81. The summed E-state index contributed by atoms with van der Waals surface area (Å²) in [6.45, 7) is 3.91. The summed E-state index contributed by atoms with van der Waals surface area (Å²) in [5.74, 6) is -5.65. The first kappa shape index (κ1) is 31.3. The van der Waals surface area contributed by atoms with Crippen molar-refractivity contribution in [2.24, 2.45) is 22.7 Å². The second-order valence-corrected chi connectivity index (χ2v) is 11.9. The van der Waals surface area contributed by atoms with Crippen LogP contribution >= 0.6 is 0 Å². The van der Waals surface area contributed by atoms with Crippen LogP contribution in [0.1, 0.15) is 65.7 Å². The van der Waals surface area contributed by atoms with Gasteiger partial charge in [-0.1, -0.05) is 25.5 Å². The van der Waals surface area contributed by atoms with Gasteiger partial charge in [0.15, 0.2) is 18.1 Å². The van der Waals surface area contributed by atoms with Crippen molar-refractivity contribution in [1.29, 1.82) is 0 Å². The molecule has 4 aliphatic rings. The van der Waals surface area contributed by atoms with Crippen LogP contribution in [-0.4, -0.2) is 67.6 Å². The fraction of sp³-hybridized carbons (Fsp3) is 0.724. The van der Waals surface area contributed by atoms with Gasteiger partial charge in [-0.3, -0.25) is 14.4 Å². The molecule has 0 heterocycles. The number of Topliss-reactive ketones (excluding diaryl/α,β-unsaturated/α-hetero) is 1. The Morgan fingerprint density at radius 2 is 1.83 bits per heavy atom. The number of halogens is 4. The van der Waals surface area contributed by atoms with Crippen LogP contribution < -0.4 is 0 Å². The van der Waals surface area contributed by atoms with Crippen molar-refractivity contribution in [1.82, 2.24) is 0 Å².